The summed E-state index contributed by atoms with van der Waals surface area (Å²) in [5, 5.41) is 7.66. The molecular weight excluding hydrogens is 384 g/mol. The van der Waals surface area contributed by atoms with Gasteiger partial charge >= 0.3 is 0 Å². The SMILES string of the molecule is CN(Cc1ccccc1-c1ccccc1)C(=O)[C@H]1CNC[C@@H]1c1cnn(C)c1.Cl. The summed E-state index contributed by atoms with van der Waals surface area (Å²) >= 11 is 0. The van der Waals surface area contributed by atoms with E-state index in [1.807, 2.05) is 61.7 Å². The van der Waals surface area contributed by atoms with Crippen LogP contribution in [-0.2, 0) is 18.4 Å². The van der Waals surface area contributed by atoms with Crippen molar-refractivity contribution in [2.24, 2.45) is 13.0 Å². The van der Waals surface area contributed by atoms with Crippen LogP contribution in [0.5, 0.6) is 0 Å². The van der Waals surface area contributed by atoms with Crippen molar-refractivity contribution >= 4 is 18.3 Å². The Kier molecular flexibility index (Phi) is 6.72. The van der Waals surface area contributed by atoms with Gasteiger partial charge in [-0.05, 0) is 22.3 Å². The van der Waals surface area contributed by atoms with Crippen molar-refractivity contribution in [1.29, 1.82) is 0 Å². The van der Waals surface area contributed by atoms with E-state index in [0.717, 1.165) is 17.7 Å². The number of rotatable bonds is 5. The highest BCUT2D eigenvalue weighted by Gasteiger charge is 2.36. The van der Waals surface area contributed by atoms with Gasteiger partial charge in [0.1, 0.15) is 0 Å². The Morgan fingerprint density at radius 1 is 1.14 bits per heavy atom. The molecule has 1 aliphatic rings. The molecule has 6 heteroatoms. The lowest BCUT2D eigenvalue weighted by atomic mass is 9.89. The molecule has 152 valence electrons. The number of aromatic nitrogens is 2. The molecule has 1 fully saturated rings. The normalized spacial score (nSPS) is 18.3. The minimum Gasteiger partial charge on any atom is -0.341 e. The van der Waals surface area contributed by atoms with Crippen LogP contribution in [0, 0.1) is 5.92 Å². The van der Waals surface area contributed by atoms with E-state index in [1.165, 1.54) is 11.1 Å². The fourth-order valence-electron chi connectivity index (χ4n) is 4.09. The largest absolute Gasteiger partial charge is 0.341 e. The minimum atomic E-state index is -0.0573. The molecule has 1 aliphatic heterocycles. The Hall–Kier alpha value is -2.63. The van der Waals surface area contributed by atoms with Crippen molar-refractivity contribution in [2.45, 2.75) is 12.5 Å². The molecule has 3 aromatic rings. The van der Waals surface area contributed by atoms with Crippen LogP contribution >= 0.6 is 12.4 Å². The van der Waals surface area contributed by atoms with Crippen LogP contribution in [0.3, 0.4) is 0 Å². The van der Waals surface area contributed by atoms with E-state index in [0.29, 0.717) is 13.1 Å². The fraction of sp³-hybridized carbons (Fsp3) is 0.304. The molecule has 2 aromatic carbocycles. The second-order valence-corrected chi connectivity index (χ2v) is 7.54. The number of hydrogen-bond donors (Lipinski definition) is 1. The van der Waals surface area contributed by atoms with Gasteiger partial charge in [-0.2, -0.15) is 5.10 Å². The summed E-state index contributed by atoms with van der Waals surface area (Å²) in [6.07, 6.45) is 3.89. The monoisotopic (exact) mass is 410 g/mol. The summed E-state index contributed by atoms with van der Waals surface area (Å²) in [7, 11) is 3.82. The fourth-order valence-corrected chi connectivity index (χ4v) is 4.09. The molecule has 0 aliphatic carbocycles. The first-order chi connectivity index (χ1) is 13.6. The quantitative estimate of drug-likeness (QED) is 0.700. The first-order valence-corrected chi connectivity index (χ1v) is 9.71. The summed E-state index contributed by atoms with van der Waals surface area (Å²) in [5.41, 5.74) is 4.64. The molecular formula is C23H27ClN4O. The average molecular weight is 411 g/mol. The number of carbonyl (C=O) groups excluding carboxylic acids is 1. The van der Waals surface area contributed by atoms with Gasteiger partial charge in [0.25, 0.3) is 0 Å². The first kappa shape index (κ1) is 21.1. The van der Waals surface area contributed by atoms with Crippen LogP contribution in [0.4, 0.5) is 0 Å². The van der Waals surface area contributed by atoms with E-state index in [9.17, 15) is 4.79 Å². The highest BCUT2D eigenvalue weighted by atomic mass is 35.5. The molecule has 1 saturated heterocycles. The first-order valence-electron chi connectivity index (χ1n) is 9.71. The van der Waals surface area contributed by atoms with E-state index < -0.39 is 0 Å². The average Bonchev–Trinajstić information content (AvgIpc) is 3.37. The summed E-state index contributed by atoms with van der Waals surface area (Å²) in [6, 6.07) is 18.7. The second kappa shape index (κ2) is 9.25. The van der Waals surface area contributed by atoms with Crippen LogP contribution in [0.25, 0.3) is 11.1 Å². The van der Waals surface area contributed by atoms with Crippen LogP contribution in [0.15, 0.2) is 67.0 Å². The van der Waals surface area contributed by atoms with E-state index in [2.05, 4.69) is 34.7 Å². The van der Waals surface area contributed by atoms with Crippen LogP contribution in [0.1, 0.15) is 17.0 Å². The van der Waals surface area contributed by atoms with Crippen molar-refractivity contribution in [2.75, 3.05) is 20.1 Å². The second-order valence-electron chi connectivity index (χ2n) is 7.54. The molecule has 29 heavy (non-hydrogen) atoms. The maximum Gasteiger partial charge on any atom is 0.227 e. The van der Waals surface area contributed by atoms with E-state index in [1.54, 1.807) is 4.68 Å². The molecule has 2 atom stereocenters. The Bertz CT molecular complexity index is 956. The zero-order chi connectivity index (χ0) is 19.5. The maximum absolute atomic E-state index is 13.2. The third kappa shape index (κ3) is 4.52. The van der Waals surface area contributed by atoms with Crippen LogP contribution in [0.2, 0.25) is 0 Å². The summed E-state index contributed by atoms with van der Waals surface area (Å²) < 4.78 is 1.80. The molecule has 1 amide bonds. The van der Waals surface area contributed by atoms with Gasteiger partial charge in [0, 0.05) is 45.8 Å². The molecule has 1 aromatic heterocycles. The summed E-state index contributed by atoms with van der Waals surface area (Å²) in [4.78, 5) is 15.1. The smallest absolute Gasteiger partial charge is 0.227 e. The standard InChI is InChI=1S/C23H26N4O.ClH/c1-26(15-18-10-6-7-11-20(18)17-8-4-3-5-9-17)23(28)22-14-24-13-21(22)19-12-25-27(2)16-19;/h3-12,16,21-22,24H,13-15H2,1-2H3;1H/t21-,22+;/m1./s1. The third-order valence-electron chi connectivity index (χ3n) is 5.57. The highest BCUT2D eigenvalue weighted by molar-refractivity contribution is 5.85. The maximum atomic E-state index is 13.2. The van der Waals surface area contributed by atoms with Crippen molar-refractivity contribution in [3.05, 3.63) is 78.1 Å². The van der Waals surface area contributed by atoms with Crippen molar-refractivity contribution in [3.63, 3.8) is 0 Å². The molecule has 0 bridgehead atoms. The van der Waals surface area contributed by atoms with Crippen LogP contribution in [-0.4, -0.2) is 40.7 Å². The highest BCUT2D eigenvalue weighted by Crippen LogP contribution is 2.30. The number of nitrogens with zero attached hydrogens (tertiary/aromatic N) is 3. The van der Waals surface area contributed by atoms with Crippen molar-refractivity contribution in [1.82, 2.24) is 20.0 Å². The number of aryl methyl sites for hydroxylation is 1. The van der Waals surface area contributed by atoms with Crippen LogP contribution < -0.4 is 5.32 Å². The van der Waals surface area contributed by atoms with Crippen molar-refractivity contribution in [3.8, 4) is 11.1 Å². The lowest BCUT2D eigenvalue weighted by molar-refractivity contribution is -0.134. The third-order valence-corrected chi connectivity index (χ3v) is 5.57. The lowest BCUT2D eigenvalue weighted by Gasteiger charge is -2.25. The topological polar surface area (TPSA) is 50.2 Å². The summed E-state index contributed by atoms with van der Waals surface area (Å²) in [5.74, 6) is 0.299. The van der Waals surface area contributed by atoms with Gasteiger partial charge in [-0.25, -0.2) is 0 Å². The molecule has 1 N–H and O–H groups in total. The van der Waals surface area contributed by atoms with Gasteiger partial charge < -0.3 is 10.2 Å². The van der Waals surface area contributed by atoms with E-state index in [4.69, 9.17) is 0 Å². The number of carbonyl (C=O) groups is 1. The Labute approximate surface area is 178 Å². The molecule has 5 nitrogen and oxygen atoms in total. The van der Waals surface area contributed by atoms with Gasteiger partial charge in [-0.1, -0.05) is 54.6 Å². The van der Waals surface area contributed by atoms with Gasteiger partial charge in [0.2, 0.25) is 5.91 Å². The van der Waals surface area contributed by atoms with Gasteiger partial charge in [0.15, 0.2) is 0 Å². The number of hydrogen-bond acceptors (Lipinski definition) is 3. The predicted molar refractivity (Wildman–Crippen MR) is 118 cm³/mol. The number of nitrogens with one attached hydrogen (secondary N) is 1. The Balaban J connectivity index is 0.00000240. The van der Waals surface area contributed by atoms with Gasteiger partial charge in [-0.3, -0.25) is 9.48 Å². The summed E-state index contributed by atoms with van der Waals surface area (Å²) in [6.45, 7) is 2.12. The molecule has 0 unspecified atom stereocenters. The molecule has 0 spiro atoms. The molecule has 2 heterocycles. The zero-order valence-electron chi connectivity index (χ0n) is 16.8. The zero-order valence-corrected chi connectivity index (χ0v) is 17.6. The number of amides is 1. The van der Waals surface area contributed by atoms with E-state index >= 15 is 0 Å². The van der Waals surface area contributed by atoms with Gasteiger partial charge in [-0.15, -0.1) is 12.4 Å². The van der Waals surface area contributed by atoms with E-state index in [-0.39, 0.29) is 30.2 Å². The Morgan fingerprint density at radius 2 is 1.86 bits per heavy atom. The molecule has 4 rings (SSSR count). The van der Waals surface area contributed by atoms with Gasteiger partial charge in [0.05, 0.1) is 12.1 Å². The number of halogens is 1. The lowest BCUT2D eigenvalue weighted by Crippen LogP contribution is -2.35. The van der Waals surface area contributed by atoms with Crippen molar-refractivity contribution < 1.29 is 4.79 Å². The Morgan fingerprint density at radius 3 is 2.59 bits per heavy atom. The number of benzene rings is 2. The molecule has 0 radical (unpaired) electrons. The molecule has 0 saturated carbocycles. The predicted octanol–water partition coefficient (Wildman–Crippen LogP) is 3.47. The minimum absolute atomic E-state index is 0.